The van der Waals surface area contributed by atoms with Crippen molar-refractivity contribution in [1.29, 1.82) is 0 Å². The Labute approximate surface area is 148 Å². The van der Waals surface area contributed by atoms with Crippen molar-refractivity contribution in [1.82, 2.24) is 19.9 Å². The summed E-state index contributed by atoms with van der Waals surface area (Å²) < 4.78 is 7.75. The first-order chi connectivity index (χ1) is 12.1. The maximum absolute atomic E-state index is 11.7. The minimum Gasteiger partial charge on any atom is -0.493 e. The molecular weight excluding hydrogens is 318 g/mol. The molecule has 0 spiro atoms. The van der Waals surface area contributed by atoms with Crippen LogP contribution in [0.15, 0.2) is 12.1 Å². The molecule has 136 valence electrons. The Bertz CT molecular complexity index is 742. The highest BCUT2D eigenvalue weighted by atomic mass is 16.5. The van der Waals surface area contributed by atoms with Crippen LogP contribution in [-0.2, 0) is 0 Å². The van der Waals surface area contributed by atoms with E-state index in [1.54, 1.807) is 6.07 Å². The lowest BCUT2D eigenvalue weighted by Gasteiger charge is -2.23. The van der Waals surface area contributed by atoms with Crippen LogP contribution in [0.4, 0.5) is 0 Å². The molecule has 1 fully saturated rings. The van der Waals surface area contributed by atoms with Gasteiger partial charge in [0.05, 0.1) is 23.7 Å². The second-order valence-electron chi connectivity index (χ2n) is 6.63. The lowest BCUT2D eigenvalue weighted by Crippen LogP contribution is -2.30. The van der Waals surface area contributed by atoms with Gasteiger partial charge >= 0.3 is 0 Å². The van der Waals surface area contributed by atoms with Crippen LogP contribution in [0.3, 0.4) is 0 Å². The van der Waals surface area contributed by atoms with Crippen molar-refractivity contribution in [3.05, 3.63) is 17.7 Å². The van der Waals surface area contributed by atoms with Gasteiger partial charge in [0.1, 0.15) is 11.3 Å². The number of nitrogens with two attached hydrogens (primary N) is 1. The number of primary amides is 1. The molecule has 1 aliphatic rings. The summed E-state index contributed by atoms with van der Waals surface area (Å²) in [5.41, 5.74) is 7.46. The molecule has 0 bridgehead atoms. The minimum atomic E-state index is -0.505. The van der Waals surface area contributed by atoms with Gasteiger partial charge in [-0.05, 0) is 38.4 Å². The molecule has 1 aliphatic heterocycles. The van der Waals surface area contributed by atoms with E-state index < -0.39 is 5.91 Å². The highest BCUT2D eigenvalue weighted by molar-refractivity contribution is 5.99. The minimum absolute atomic E-state index is 0.283. The van der Waals surface area contributed by atoms with Crippen LogP contribution >= 0.6 is 0 Å². The molecule has 2 N–H and O–H groups in total. The number of fused-ring (bicyclic) bond motifs is 1. The second-order valence-corrected chi connectivity index (χ2v) is 6.63. The molecule has 7 heteroatoms. The summed E-state index contributed by atoms with van der Waals surface area (Å²) >= 11 is 0. The molecule has 2 aromatic rings. The van der Waals surface area contributed by atoms with Gasteiger partial charge in [-0.1, -0.05) is 25.5 Å². The molecule has 2 heterocycles. The van der Waals surface area contributed by atoms with E-state index in [4.69, 9.17) is 10.5 Å². The van der Waals surface area contributed by atoms with Crippen molar-refractivity contribution < 1.29 is 9.53 Å². The van der Waals surface area contributed by atoms with Crippen LogP contribution in [0.1, 0.15) is 55.9 Å². The smallest absolute Gasteiger partial charge is 0.252 e. The topological polar surface area (TPSA) is 86.3 Å². The van der Waals surface area contributed by atoms with E-state index in [1.807, 2.05) is 17.7 Å². The van der Waals surface area contributed by atoms with Crippen LogP contribution in [0.25, 0.3) is 11.0 Å². The summed E-state index contributed by atoms with van der Waals surface area (Å²) in [4.78, 5) is 14.2. The Balaban J connectivity index is 2.00. The van der Waals surface area contributed by atoms with E-state index in [9.17, 15) is 4.79 Å². The third kappa shape index (κ3) is 3.76. The summed E-state index contributed by atoms with van der Waals surface area (Å²) in [5, 5.41) is 8.65. The largest absolute Gasteiger partial charge is 0.493 e. The summed E-state index contributed by atoms with van der Waals surface area (Å²) in [6.07, 6.45) is 4.34. The van der Waals surface area contributed by atoms with Gasteiger partial charge in [-0.25, -0.2) is 4.68 Å². The fourth-order valence-corrected chi connectivity index (χ4v) is 3.44. The third-order valence-corrected chi connectivity index (χ3v) is 4.82. The Morgan fingerprint density at radius 2 is 2.20 bits per heavy atom. The number of carbonyl (C=O) groups excluding carboxylic acids is 1. The molecule has 0 saturated carbocycles. The Kier molecular flexibility index (Phi) is 5.53. The van der Waals surface area contributed by atoms with E-state index in [0.717, 1.165) is 38.0 Å². The molecule has 7 nitrogen and oxygen atoms in total. The number of likely N-dealkylation sites (N-methyl/N-ethyl adjacent to an activating group) is 1. The van der Waals surface area contributed by atoms with E-state index >= 15 is 0 Å². The standard InChI is InChI=1S/C18H27N5O2/c1-3-9-25-17-11-16-15(10-14(17)18(19)24)20-21-23(16)13-7-5-6-8-22(4-2)12-13/h10-11,13H,3-9,12H2,1-2H3,(H2,19,24)/t13-/m1/s1. The predicted octanol–water partition coefficient (Wildman–Crippen LogP) is 2.37. The zero-order valence-corrected chi connectivity index (χ0v) is 15.1. The lowest BCUT2D eigenvalue weighted by atomic mass is 10.1. The normalized spacial score (nSPS) is 19.0. The summed E-state index contributed by atoms with van der Waals surface area (Å²) in [6.45, 7) is 7.91. The highest BCUT2D eigenvalue weighted by Crippen LogP contribution is 2.29. The van der Waals surface area contributed by atoms with Crippen molar-refractivity contribution in [2.45, 2.75) is 45.6 Å². The SMILES string of the molecule is CCCOc1cc2c(cc1C(N)=O)nnn2[C@@H]1CCCCN(CC)C1. The first-order valence-electron chi connectivity index (χ1n) is 9.18. The zero-order chi connectivity index (χ0) is 17.8. The Morgan fingerprint density at radius 3 is 2.92 bits per heavy atom. The van der Waals surface area contributed by atoms with Crippen molar-refractivity contribution in [3.63, 3.8) is 0 Å². The number of hydrogen-bond donors (Lipinski definition) is 1. The second kappa shape index (κ2) is 7.82. The Hall–Kier alpha value is -2.15. The molecule has 3 rings (SSSR count). The van der Waals surface area contributed by atoms with Gasteiger partial charge in [0, 0.05) is 12.6 Å². The molecule has 25 heavy (non-hydrogen) atoms. The van der Waals surface area contributed by atoms with Gasteiger partial charge in [-0.2, -0.15) is 0 Å². The summed E-state index contributed by atoms with van der Waals surface area (Å²) in [5.74, 6) is 0.0144. The van der Waals surface area contributed by atoms with E-state index in [1.165, 1.54) is 12.8 Å². The predicted molar refractivity (Wildman–Crippen MR) is 96.8 cm³/mol. The average Bonchev–Trinajstić information content (AvgIpc) is 2.87. The molecule has 1 aromatic heterocycles. The fraction of sp³-hybridized carbons (Fsp3) is 0.611. The van der Waals surface area contributed by atoms with Crippen molar-refractivity contribution in [3.8, 4) is 5.75 Å². The number of hydrogen-bond acceptors (Lipinski definition) is 5. The Morgan fingerprint density at radius 1 is 1.36 bits per heavy atom. The lowest BCUT2D eigenvalue weighted by molar-refractivity contribution is 0.0996. The maximum atomic E-state index is 11.7. The van der Waals surface area contributed by atoms with Gasteiger partial charge in [0.15, 0.2) is 0 Å². The highest BCUT2D eigenvalue weighted by Gasteiger charge is 2.23. The zero-order valence-electron chi connectivity index (χ0n) is 15.1. The number of ether oxygens (including phenoxy) is 1. The molecule has 0 aliphatic carbocycles. The van der Waals surface area contributed by atoms with Crippen molar-refractivity contribution in [2.75, 3.05) is 26.2 Å². The van der Waals surface area contributed by atoms with Crippen LogP contribution in [0, 0.1) is 0 Å². The summed E-state index contributed by atoms with van der Waals surface area (Å²) in [7, 11) is 0. The molecule has 0 unspecified atom stereocenters. The molecule has 1 atom stereocenters. The van der Waals surface area contributed by atoms with Crippen LogP contribution in [0.2, 0.25) is 0 Å². The number of carbonyl (C=O) groups is 1. The van der Waals surface area contributed by atoms with Gasteiger partial charge in [0.2, 0.25) is 0 Å². The monoisotopic (exact) mass is 345 g/mol. The molecule has 1 saturated heterocycles. The molecule has 0 radical (unpaired) electrons. The van der Waals surface area contributed by atoms with Gasteiger partial charge in [0.25, 0.3) is 5.91 Å². The number of benzene rings is 1. The number of rotatable bonds is 6. The molecule has 1 amide bonds. The maximum Gasteiger partial charge on any atom is 0.252 e. The van der Waals surface area contributed by atoms with Crippen molar-refractivity contribution in [2.24, 2.45) is 5.73 Å². The third-order valence-electron chi connectivity index (χ3n) is 4.82. The van der Waals surface area contributed by atoms with E-state index in [2.05, 4.69) is 22.1 Å². The van der Waals surface area contributed by atoms with Gasteiger partial charge in [-0.15, -0.1) is 5.10 Å². The number of amides is 1. The first-order valence-corrected chi connectivity index (χ1v) is 9.18. The number of aromatic nitrogens is 3. The molecule has 1 aromatic carbocycles. The van der Waals surface area contributed by atoms with Crippen LogP contribution < -0.4 is 10.5 Å². The van der Waals surface area contributed by atoms with Crippen molar-refractivity contribution >= 4 is 16.9 Å². The van der Waals surface area contributed by atoms with Crippen LogP contribution in [0.5, 0.6) is 5.75 Å². The first kappa shape index (κ1) is 17.7. The quantitative estimate of drug-likeness (QED) is 0.868. The van der Waals surface area contributed by atoms with E-state index in [0.29, 0.717) is 23.4 Å². The van der Waals surface area contributed by atoms with E-state index in [-0.39, 0.29) is 6.04 Å². The molecular formula is C18H27N5O2. The fourth-order valence-electron chi connectivity index (χ4n) is 3.44. The average molecular weight is 345 g/mol. The summed E-state index contributed by atoms with van der Waals surface area (Å²) in [6, 6.07) is 3.85. The number of likely N-dealkylation sites (tertiary alicyclic amines) is 1. The van der Waals surface area contributed by atoms with Crippen LogP contribution in [-0.4, -0.2) is 52.0 Å². The van der Waals surface area contributed by atoms with Gasteiger partial charge in [-0.3, -0.25) is 4.79 Å². The van der Waals surface area contributed by atoms with Gasteiger partial charge < -0.3 is 15.4 Å². The number of nitrogens with zero attached hydrogens (tertiary/aromatic N) is 4.